The second kappa shape index (κ2) is 16.2. The maximum Gasteiger partial charge on any atom is 0.324 e. The fourth-order valence-electron chi connectivity index (χ4n) is 7.78. The Morgan fingerprint density at radius 2 is 2.07 bits per heavy atom. The van der Waals surface area contributed by atoms with Gasteiger partial charge in [-0.15, -0.1) is 11.3 Å². The summed E-state index contributed by atoms with van der Waals surface area (Å²) in [5.74, 6) is -0.323. The number of amides is 3. The van der Waals surface area contributed by atoms with Crippen LogP contribution in [0.3, 0.4) is 0 Å². The van der Waals surface area contributed by atoms with E-state index < -0.39 is 23.5 Å². The normalized spacial score (nSPS) is 24.4. The van der Waals surface area contributed by atoms with E-state index in [1.807, 2.05) is 32.2 Å². The minimum absolute atomic E-state index is 0.0811. The summed E-state index contributed by atoms with van der Waals surface area (Å²) in [4.78, 5) is 52.8. The zero-order valence-electron chi connectivity index (χ0n) is 32.9. The van der Waals surface area contributed by atoms with Gasteiger partial charge < -0.3 is 24.3 Å². The second-order valence-electron chi connectivity index (χ2n) is 15.5. The number of cyclic esters (lactones) is 1. The molecule has 0 aliphatic carbocycles. The Balaban J connectivity index is 1.49. The number of methoxy groups -OCH3 is 1. The quantitative estimate of drug-likeness (QED) is 0.162. The molecule has 3 amide bonds. The number of aromatic nitrogens is 2. The van der Waals surface area contributed by atoms with Gasteiger partial charge in [0.2, 0.25) is 0 Å². The Kier molecular flexibility index (Phi) is 11.8. The van der Waals surface area contributed by atoms with Crippen LogP contribution in [-0.4, -0.2) is 94.6 Å². The van der Waals surface area contributed by atoms with Crippen molar-refractivity contribution in [3.05, 3.63) is 58.2 Å². The number of hydrogen-bond donors (Lipinski definition) is 2. The summed E-state index contributed by atoms with van der Waals surface area (Å²) in [6.45, 7) is 20.5. The molecule has 2 saturated heterocycles. The molecule has 3 aliphatic heterocycles. The number of fused-ring (bicyclic) bond motifs is 6. The number of thiazole rings is 1. The van der Waals surface area contributed by atoms with Gasteiger partial charge in [0.25, 0.3) is 5.91 Å². The van der Waals surface area contributed by atoms with Crippen LogP contribution in [0.5, 0.6) is 0 Å². The summed E-state index contributed by atoms with van der Waals surface area (Å²) in [7, 11) is 1.68. The number of likely N-dealkylation sites (tertiary alicyclic amines) is 1. The Hall–Kier alpha value is -4.33. The molecule has 0 unspecified atom stereocenters. The average molecular weight is 758 g/mol. The molecule has 5 heterocycles. The van der Waals surface area contributed by atoms with Gasteiger partial charge in [0.15, 0.2) is 0 Å². The molecule has 2 N–H and O–H groups in total. The van der Waals surface area contributed by atoms with Crippen molar-refractivity contribution in [3.8, 4) is 11.3 Å². The molecule has 290 valence electrons. The lowest BCUT2D eigenvalue weighted by atomic mass is 9.84. The first kappa shape index (κ1) is 39.4. The highest BCUT2D eigenvalue weighted by atomic mass is 32.1. The van der Waals surface area contributed by atoms with Crippen LogP contribution in [-0.2, 0) is 38.4 Å². The molecular formula is C41H55N7O5S. The summed E-state index contributed by atoms with van der Waals surface area (Å²) < 4.78 is 14.2. The van der Waals surface area contributed by atoms with E-state index in [4.69, 9.17) is 19.5 Å². The lowest BCUT2D eigenvalue weighted by Gasteiger charge is -2.45. The van der Waals surface area contributed by atoms with Crippen LogP contribution in [0.2, 0.25) is 0 Å². The number of benzene rings is 1. The van der Waals surface area contributed by atoms with Crippen LogP contribution in [0, 0.1) is 11.3 Å². The lowest BCUT2D eigenvalue weighted by Crippen LogP contribution is -2.64. The van der Waals surface area contributed by atoms with Crippen molar-refractivity contribution in [3.63, 3.8) is 0 Å². The van der Waals surface area contributed by atoms with Gasteiger partial charge in [-0.2, -0.15) is 0 Å². The van der Waals surface area contributed by atoms with E-state index in [1.165, 1.54) is 16.3 Å². The molecule has 0 spiro atoms. The number of carbonyl (C=O) groups excluding carboxylic acids is 3. The molecule has 2 aromatic heterocycles. The number of hydrogen-bond acceptors (Lipinski definition) is 9. The maximum atomic E-state index is 14.1. The Morgan fingerprint density at radius 3 is 2.74 bits per heavy atom. The molecule has 3 aromatic rings. The number of urea groups is 1. The van der Waals surface area contributed by atoms with Gasteiger partial charge in [-0.25, -0.2) is 15.2 Å². The number of carbonyl (C=O) groups is 3. The number of aryl methyl sites for hydroxylation is 1. The summed E-state index contributed by atoms with van der Waals surface area (Å²) in [5, 5.41) is 8.30. The number of esters is 1. The highest BCUT2D eigenvalue weighted by molar-refractivity contribution is 7.10. The van der Waals surface area contributed by atoms with Gasteiger partial charge in [0, 0.05) is 78.3 Å². The molecule has 5 atom stereocenters. The first-order valence-corrected chi connectivity index (χ1v) is 20.0. The minimum Gasteiger partial charge on any atom is -0.464 e. The molecule has 1 aromatic carbocycles. The van der Waals surface area contributed by atoms with Gasteiger partial charge in [0.05, 0.1) is 34.8 Å². The van der Waals surface area contributed by atoms with Crippen molar-refractivity contribution in [2.24, 2.45) is 16.3 Å². The molecular weight excluding hydrogens is 703 g/mol. The van der Waals surface area contributed by atoms with Crippen molar-refractivity contribution >= 4 is 51.9 Å². The van der Waals surface area contributed by atoms with Gasteiger partial charge in [-0.3, -0.25) is 19.6 Å². The molecule has 0 radical (unpaired) electrons. The lowest BCUT2D eigenvalue weighted by molar-refractivity contribution is -0.155. The van der Waals surface area contributed by atoms with E-state index in [9.17, 15) is 14.4 Å². The zero-order valence-corrected chi connectivity index (χ0v) is 33.7. The highest BCUT2D eigenvalue weighted by Crippen LogP contribution is 2.40. The van der Waals surface area contributed by atoms with Crippen molar-refractivity contribution in [1.29, 1.82) is 0 Å². The molecule has 3 aliphatic rings. The first-order valence-electron chi connectivity index (χ1n) is 19.1. The van der Waals surface area contributed by atoms with Gasteiger partial charge in [-0.1, -0.05) is 39.5 Å². The summed E-state index contributed by atoms with van der Waals surface area (Å²) in [5.41, 5.74) is 9.22. The van der Waals surface area contributed by atoms with Crippen LogP contribution < -0.4 is 10.7 Å². The number of aliphatic imine (C=N–C) groups is 1. The monoisotopic (exact) mass is 757 g/mol. The molecule has 2 fully saturated rings. The Bertz CT molecular complexity index is 1980. The smallest absolute Gasteiger partial charge is 0.324 e. The topological polar surface area (TPSA) is 130 Å². The number of hydrazine groups is 1. The SMILES string of the molecule is C=C/C(=C(\N=CC)[C@H](C)OC)c1c2c3cc(ccc3n1CC)-c1csc(n1)C[C@H](NC(=O)N1C[C@@H](C)[C@H]1C)C(=O)N1CCC[C@H](N1)C(=O)OCC(C)(C)C2. The standard InChI is InChI=1S/C41H55N7O5S/c1-10-28(36(42-11-2)26(6)52-9)37-30-20-41(7,8)23-53-39(50)31-14-13-17-48(45-31)38(49)32(44-40(51)47-21-24(4)25(47)5)19-35-43-33(22-54-35)27-15-16-34(29(30)18-27)46(37)12-3/h10-11,15-16,18,22,24-26,31-32,45H,1,12-14,17,19-21,23H2,2-9H3,(H,44,51)/b36-28+,42-11?/t24-,25-,26+,31+,32+/m1/s1. The van der Waals surface area contributed by atoms with E-state index in [2.05, 4.69) is 67.8 Å². The number of rotatable bonds is 7. The zero-order chi connectivity index (χ0) is 38.9. The van der Waals surface area contributed by atoms with Crippen LogP contribution in [0.15, 0.2) is 46.9 Å². The largest absolute Gasteiger partial charge is 0.464 e. The van der Waals surface area contributed by atoms with Gasteiger partial charge in [0.1, 0.15) is 12.1 Å². The minimum atomic E-state index is -0.881. The number of nitrogens with one attached hydrogen (secondary N) is 2. The van der Waals surface area contributed by atoms with Crippen molar-refractivity contribution in [2.45, 2.75) is 105 Å². The molecule has 54 heavy (non-hydrogen) atoms. The fourth-order valence-corrected chi connectivity index (χ4v) is 8.63. The number of ether oxygens (including phenoxy) is 2. The van der Waals surface area contributed by atoms with Crippen molar-refractivity contribution in [2.75, 3.05) is 26.8 Å². The van der Waals surface area contributed by atoms with E-state index >= 15 is 0 Å². The Morgan fingerprint density at radius 1 is 1.30 bits per heavy atom. The Labute approximate surface area is 322 Å². The third-order valence-electron chi connectivity index (χ3n) is 11.1. The molecule has 6 rings (SSSR count). The van der Waals surface area contributed by atoms with Gasteiger partial charge in [-0.05, 0) is 70.6 Å². The van der Waals surface area contributed by atoms with E-state index in [0.717, 1.165) is 49.7 Å². The third kappa shape index (κ3) is 7.76. The summed E-state index contributed by atoms with van der Waals surface area (Å²) in [6, 6.07) is 4.63. The average Bonchev–Trinajstić information content (AvgIpc) is 3.76. The van der Waals surface area contributed by atoms with Crippen molar-refractivity contribution < 1.29 is 23.9 Å². The van der Waals surface area contributed by atoms with E-state index in [0.29, 0.717) is 44.8 Å². The summed E-state index contributed by atoms with van der Waals surface area (Å²) in [6.07, 6.45) is 5.30. The molecule has 13 heteroatoms. The van der Waals surface area contributed by atoms with Crippen LogP contribution in [0.1, 0.15) is 77.6 Å². The number of nitrogens with zero attached hydrogens (tertiary/aromatic N) is 5. The van der Waals surface area contributed by atoms with Crippen LogP contribution in [0.4, 0.5) is 4.79 Å². The van der Waals surface area contributed by atoms with Crippen molar-refractivity contribution in [1.82, 2.24) is 30.2 Å². The highest BCUT2D eigenvalue weighted by Gasteiger charge is 2.39. The molecule has 0 saturated carbocycles. The fraction of sp³-hybridized carbons (Fsp3) is 0.537. The predicted octanol–water partition coefficient (Wildman–Crippen LogP) is 6.39. The first-order chi connectivity index (χ1) is 25.8. The van der Waals surface area contributed by atoms with Crippen LogP contribution >= 0.6 is 11.3 Å². The predicted molar refractivity (Wildman–Crippen MR) is 214 cm³/mol. The molecule has 6 bridgehead atoms. The third-order valence-corrected chi connectivity index (χ3v) is 12.0. The number of allylic oxidation sites excluding steroid dienone is 2. The van der Waals surface area contributed by atoms with E-state index in [-0.39, 0.29) is 37.1 Å². The maximum absolute atomic E-state index is 14.1. The second-order valence-corrected chi connectivity index (χ2v) is 16.5. The van der Waals surface area contributed by atoms with Gasteiger partial charge >= 0.3 is 12.0 Å². The van der Waals surface area contributed by atoms with E-state index in [1.54, 1.807) is 18.2 Å². The van der Waals surface area contributed by atoms with Crippen LogP contribution in [0.25, 0.3) is 27.7 Å². The summed E-state index contributed by atoms with van der Waals surface area (Å²) >= 11 is 1.47. The molecule has 12 nitrogen and oxygen atoms in total.